The molecule has 0 aliphatic carbocycles. The van der Waals surface area contributed by atoms with Crippen LogP contribution >= 0.6 is 11.3 Å². The fourth-order valence-corrected chi connectivity index (χ4v) is 2.42. The van der Waals surface area contributed by atoms with Crippen molar-refractivity contribution in [2.24, 2.45) is 0 Å². The molecule has 0 fully saturated rings. The number of rotatable bonds is 5. The van der Waals surface area contributed by atoms with Gasteiger partial charge in [0.05, 0.1) is 26.2 Å². The first-order chi connectivity index (χ1) is 9.23. The van der Waals surface area contributed by atoms with E-state index in [9.17, 15) is 4.79 Å². The average molecular weight is 279 g/mol. The molecule has 0 saturated carbocycles. The Morgan fingerprint density at radius 1 is 1.11 bits per heavy atom. The normalized spacial score (nSPS) is 10.1. The van der Waals surface area contributed by atoms with E-state index in [0.717, 1.165) is 16.7 Å². The van der Waals surface area contributed by atoms with Gasteiger partial charge in [0.1, 0.15) is 0 Å². The molecule has 0 aliphatic rings. The predicted molar refractivity (Wildman–Crippen MR) is 72.6 cm³/mol. The summed E-state index contributed by atoms with van der Waals surface area (Å²) in [5, 5.41) is 0.434. The van der Waals surface area contributed by atoms with Crippen LogP contribution in [0.15, 0.2) is 18.3 Å². The number of aldehydes is 1. The molecule has 0 atom stereocenters. The van der Waals surface area contributed by atoms with Crippen LogP contribution in [0.2, 0.25) is 0 Å². The number of hydrogen-bond acceptors (Lipinski definition) is 6. The van der Waals surface area contributed by atoms with Crippen LogP contribution in [-0.2, 0) is 0 Å². The van der Waals surface area contributed by atoms with Crippen molar-refractivity contribution < 1.29 is 19.0 Å². The number of ether oxygens (including phenoxy) is 3. The van der Waals surface area contributed by atoms with E-state index >= 15 is 0 Å². The summed E-state index contributed by atoms with van der Waals surface area (Å²) < 4.78 is 15.8. The monoisotopic (exact) mass is 279 g/mol. The molecular weight excluding hydrogens is 266 g/mol. The van der Waals surface area contributed by atoms with Crippen LogP contribution in [0.4, 0.5) is 0 Å². The number of carbonyl (C=O) groups is 1. The van der Waals surface area contributed by atoms with Gasteiger partial charge in [-0.1, -0.05) is 0 Å². The van der Waals surface area contributed by atoms with Crippen molar-refractivity contribution >= 4 is 17.6 Å². The summed E-state index contributed by atoms with van der Waals surface area (Å²) in [5.41, 5.74) is 0.861. The van der Waals surface area contributed by atoms with Crippen LogP contribution in [0.5, 0.6) is 17.2 Å². The zero-order chi connectivity index (χ0) is 13.8. The Morgan fingerprint density at radius 2 is 1.74 bits per heavy atom. The zero-order valence-corrected chi connectivity index (χ0v) is 11.6. The van der Waals surface area contributed by atoms with Gasteiger partial charge in [0.2, 0.25) is 5.75 Å². The van der Waals surface area contributed by atoms with Crippen molar-refractivity contribution in [3.8, 4) is 27.7 Å². The Kier molecular flexibility index (Phi) is 4.01. The van der Waals surface area contributed by atoms with E-state index in [-0.39, 0.29) is 0 Å². The number of benzene rings is 1. The molecule has 1 aromatic heterocycles. The number of hydrogen-bond donors (Lipinski definition) is 0. The Labute approximate surface area is 114 Å². The minimum Gasteiger partial charge on any atom is -0.493 e. The predicted octanol–water partition coefficient (Wildman–Crippen LogP) is 2.65. The molecule has 2 aromatic rings. The van der Waals surface area contributed by atoms with Gasteiger partial charge in [-0.25, -0.2) is 4.98 Å². The molecule has 0 radical (unpaired) electrons. The van der Waals surface area contributed by atoms with Gasteiger partial charge in [-0.3, -0.25) is 4.79 Å². The van der Waals surface area contributed by atoms with E-state index in [2.05, 4.69) is 4.98 Å². The summed E-state index contributed by atoms with van der Waals surface area (Å²) in [6.45, 7) is 0. The standard InChI is InChI=1S/C13H13NO4S/c1-16-9-4-8(5-10(17-2)13(9)18-3)11-6-14-12(7-15)19-11/h4-7H,1-3H3. The molecule has 0 bridgehead atoms. The van der Waals surface area contributed by atoms with Crippen LogP contribution in [-0.4, -0.2) is 32.6 Å². The Balaban J connectivity index is 2.54. The number of thiazole rings is 1. The van der Waals surface area contributed by atoms with Gasteiger partial charge in [-0.15, -0.1) is 11.3 Å². The Hall–Kier alpha value is -2.08. The summed E-state index contributed by atoms with van der Waals surface area (Å²) in [4.78, 5) is 15.5. The summed E-state index contributed by atoms with van der Waals surface area (Å²) in [5.74, 6) is 1.67. The molecule has 0 saturated heterocycles. The van der Waals surface area contributed by atoms with E-state index in [1.807, 2.05) is 12.1 Å². The van der Waals surface area contributed by atoms with Crippen molar-refractivity contribution in [3.63, 3.8) is 0 Å². The van der Waals surface area contributed by atoms with Crippen molar-refractivity contribution in [1.82, 2.24) is 4.98 Å². The van der Waals surface area contributed by atoms with Gasteiger partial charge in [0.15, 0.2) is 22.8 Å². The van der Waals surface area contributed by atoms with E-state index in [4.69, 9.17) is 14.2 Å². The highest BCUT2D eigenvalue weighted by Crippen LogP contribution is 2.42. The fourth-order valence-electron chi connectivity index (χ4n) is 1.70. The second-order valence-corrected chi connectivity index (χ2v) is 4.66. The summed E-state index contributed by atoms with van der Waals surface area (Å²) in [7, 11) is 4.67. The quantitative estimate of drug-likeness (QED) is 0.787. The fraction of sp³-hybridized carbons (Fsp3) is 0.231. The Morgan fingerprint density at radius 3 is 2.16 bits per heavy atom. The Bertz CT molecular complexity index is 569. The molecule has 19 heavy (non-hydrogen) atoms. The first kappa shape index (κ1) is 13.4. The van der Waals surface area contributed by atoms with E-state index in [1.54, 1.807) is 27.5 Å². The minimum absolute atomic E-state index is 0.434. The smallest absolute Gasteiger partial charge is 0.203 e. The third-order valence-electron chi connectivity index (χ3n) is 2.57. The molecule has 100 valence electrons. The molecular formula is C13H13NO4S. The van der Waals surface area contributed by atoms with Crippen molar-refractivity contribution in [3.05, 3.63) is 23.3 Å². The van der Waals surface area contributed by atoms with Crippen LogP contribution in [0.3, 0.4) is 0 Å². The maximum absolute atomic E-state index is 10.7. The van der Waals surface area contributed by atoms with Gasteiger partial charge < -0.3 is 14.2 Å². The largest absolute Gasteiger partial charge is 0.493 e. The third-order valence-corrected chi connectivity index (χ3v) is 3.55. The lowest BCUT2D eigenvalue weighted by Crippen LogP contribution is -1.95. The first-order valence-corrected chi connectivity index (χ1v) is 6.26. The topological polar surface area (TPSA) is 57.7 Å². The number of nitrogens with zero attached hydrogens (tertiary/aromatic N) is 1. The molecule has 1 heterocycles. The highest BCUT2D eigenvalue weighted by atomic mass is 32.1. The highest BCUT2D eigenvalue weighted by molar-refractivity contribution is 7.16. The van der Waals surface area contributed by atoms with Crippen LogP contribution in [0.25, 0.3) is 10.4 Å². The number of methoxy groups -OCH3 is 3. The van der Waals surface area contributed by atoms with Gasteiger partial charge >= 0.3 is 0 Å². The molecule has 2 rings (SSSR count). The zero-order valence-electron chi connectivity index (χ0n) is 10.8. The molecule has 0 amide bonds. The second kappa shape index (κ2) is 5.71. The summed E-state index contributed by atoms with van der Waals surface area (Å²) in [6, 6.07) is 3.65. The van der Waals surface area contributed by atoms with E-state index < -0.39 is 0 Å². The second-order valence-electron chi connectivity index (χ2n) is 3.59. The van der Waals surface area contributed by atoms with Gasteiger partial charge in [-0.05, 0) is 12.1 Å². The SMILES string of the molecule is COc1cc(-c2cnc(C=O)s2)cc(OC)c1OC. The molecule has 5 nitrogen and oxygen atoms in total. The van der Waals surface area contributed by atoms with Crippen molar-refractivity contribution in [1.29, 1.82) is 0 Å². The lowest BCUT2D eigenvalue weighted by Gasteiger charge is -2.13. The lowest BCUT2D eigenvalue weighted by atomic mass is 10.1. The molecule has 1 aromatic carbocycles. The lowest BCUT2D eigenvalue weighted by molar-refractivity contribution is 0.112. The van der Waals surface area contributed by atoms with Gasteiger partial charge in [0.25, 0.3) is 0 Å². The van der Waals surface area contributed by atoms with Crippen molar-refractivity contribution in [2.75, 3.05) is 21.3 Å². The van der Waals surface area contributed by atoms with Crippen LogP contribution < -0.4 is 14.2 Å². The van der Waals surface area contributed by atoms with Gasteiger partial charge in [-0.2, -0.15) is 0 Å². The molecule has 0 N–H and O–H groups in total. The molecule has 6 heteroatoms. The van der Waals surface area contributed by atoms with E-state index in [1.165, 1.54) is 11.3 Å². The molecule has 0 aliphatic heterocycles. The maximum Gasteiger partial charge on any atom is 0.203 e. The van der Waals surface area contributed by atoms with Gasteiger partial charge in [0, 0.05) is 11.8 Å². The minimum atomic E-state index is 0.434. The number of aromatic nitrogens is 1. The maximum atomic E-state index is 10.7. The van der Waals surface area contributed by atoms with Crippen LogP contribution in [0, 0.1) is 0 Å². The number of carbonyl (C=O) groups excluding carboxylic acids is 1. The molecule has 0 spiro atoms. The first-order valence-electron chi connectivity index (χ1n) is 5.44. The van der Waals surface area contributed by atoms with Crippen LogP contribution in [0.1, 0.15) is 9.80 Å². The summed E-state index contributed by atoms with van der Waals surface area (Å²) >= 11 is 1.31. The third kappa shape index (κ3) is 2.53. The highest BCUT2D eigenvalue weighted by Gasteiger charge is 2.15. The van der Waals surface area contributed by atoms with E-state index in [0.29, 0.717) is 22.3 Å². The average Bonchev–Trinajstić information content (AvgIpc) is 2.94. The van der Waals surface area contributed by atoms with Crippen molar-refractivity contribution in [2.45, 2.75) is 0 Å². The summed E-state index contributed by atoms with van der Waals surface area (Å²) in [6.07, 6.45) is 2.38. The molecule has 0 unspecified atom stereocenters.